The molecule has 0 spiro atoms. The van der Waals surface area contributed by atoms with Gasteiger partial charge in [0.1, 0.15) is 15.0 Å². The maximum atomic E-state index is 12.6. The lowest BCUT2D eigenvalue weighted by Crippen LogP contribution is -2.23. The summed E-state index contributed by atoms with van der Waals surface area (Å²) in [6.45, 7) is 5.02. The molecule has 0 aliphatic heterocycles. The summed E-state index contributed by atoms with van der Waals surface area (Å²) >= 11 is 4.95. The first-order valence-corrected chi connectivity index (χ1v) is 9.03. The Bertz CT molecular complexity index is 935. The molecule has 122 valence electrons. The number of thiophene rings is 1. The van der Waals surface area contributed by atoms with E-state index in [-0.39, 0.29) is 5.56 Å². The predicted octanol–water partition coefficient (Wildman–Crippen LogP) is 3.42. The van der Waals surface area contributed by atoms with Crippen molar-refractivity contribution in [2.45, 2.75) is 39.8 Å². The SMILES string of the molecule is CCCCn1nnc2c(sc3nc(C)c(Br)c(COC)c32)c1=O. The minimum absolute atomic E-state index is 0.0939. The lowest BCUT2D eigenvalue weighted by molar-refractivity contribution is 0.185. The largest absolute Gasteiger partial charge is 0.380 e. The number of hydrogen-bond donors (Lipinski definition) is 0. The average Bonchev–Trinajstić information content (AvgIpc) is 2.90. The van der Waals surface area contributed by atoms with E-state index in [0.29, 0.717) is 23.4 Å². The van der Waals surface area contributed by atoms with Gasteiger partial charge in [-0.05, 0) is 29.3 Å². The Labute approximate surface area is 145 Å². The van der Waals surface area contributed by atoms with E-state index >= 15 is 0 Å². The number of unbranched alkanes of at least 4 members (excludes halogenated alkanes) is 1. The molecule has 0 radical (unpaired) electrons. The van der Waals surface area contributed by atoms with Crippen molar-refractivity contribution in [3.05, 3.63) is 26.1 Å². The molecule has 3 aromatic rings. The van der Waals surface area contributed by atoms with Crippen LogP contribution in [0.2, 0.25) is 0 Å². The Balaban J connectivity index is 2.33. The van der Waals surface area contributed by atoms with Crippen LogP contribution >= 0.6 is 27.3 Å². The van der Waals surface area contributed by atoms with Crippen LogP contribution in [0, 0.1) is 6.92 Å². The number of rotatable bonds is 5. The maximum Gasteiger partial charge on any atom is 0.287 e. The van der Waals surface area contributed by atoms with Gasteiger partial charge in [0.05, 0.1) is 12.3 Å². The fourth-order valence-electron chi connectivity index (χ4n) is 2.52. The fraction of sp³-hybridized carbons (Fsp3) is 0.467. The Kier molecular flexibility index (Phi) is 4.74. The van der Waals surface area contributed by atoms with E-state index in [0.717, 1.165) is 38.8 Å². The molecule has 0 fully saturated rings. The molecule has 23 heavy (non-hydrogen) atoms. The Morgan fingerprint density at radius 2 is 2.17 bits per heavy atom. The van der Waals surface area contributed by atoms with Crippen LogP contribution in [-0.2, 0) is 17.9 Å². The summed E-state index contributed by atoms with van der Waals surface area (Å²) < 4.78 is 8.25. The zero-order valence-corrected chi connectivity index (χ0v) is 15.6. The first-order chi connectivity index (χ1) is 11.1. The minimum atomic E-state index is -0.0939. The summed E-state index contributed by atoms with van der Waals surface area (Å²) in [7, 11) is 1.64. The fourth-order valence-corrected chi connectivity index (χ4v) is 4.05. The second-order valence-corrected chi connectivity index (χ2v) is 7.15. The van der Waals surface area contributed by atoms with Crippen molar-refractivity contribution in [1.29, 1.82) is 0 Å². The van der Waals surface area contributed by atoms with Gasteiger partial charge in [-0.25, -0.2) is 9.67 Å². The summed E-state index contributed by atoms with van der Waals surface area (Å²) in [5, 5.41) is 9.26. The number of methoxy groups -OCH3 is 1. The second-order valence-electron chi connectivity index (χ2n) is 5.35. The average molecular weight is 397 g/mol. The van der Waals surface area contributed by atoms with Crippen LogP contribution in [0.1, 0.15) is 31.0 Å². The van der Waals surface area contributed by atoms with Gasteiger partial charge in [-0.1, -0.05) is 18.6 Å². The number of aromatic nitrogens is 4. The number of nitrogens with zero attached hydrogens (tertiary/aromatic N) is 4. The zero-order valence-electron chi connectivity index (χ0n) is 13.2. The van der Waals surface area contributed by atoms with Crippen molar-refractivity contribution in [2.24, 2.45) is 0 Å². The summed E-state index contributed by atoms with van der Waals surface area (Å²) in [6.07, 6.45) is 1.91. The molecular formula is C15H17BrN4O2S. The zero-order chi connectivity index (χ0) is 16.6. The van der Waals surface area contributed by atoms with Crippen molar-refractivity contribution >= 4 is 47.7 Å². The molecule has 0 amide bonds. The third-order valence-corrected chi connectivity index (χ3v) is 5.82. The standard InChI is InChI=1S/C15H17BrN4O2S/c1-4-5-6-20-15(21)13-12(18-19-20)10-9(7-22-3)11(16)8(2)17-14(10)23-13/h4-7H2,1-3H3. The molecule has 0 atom stereocenters. The normalized spacial score (nSPS) is 11.7. The number of pyridine rings is 1. The smallest absolute Gasteiger partial charge is 0.287 e. The first kappa shape index (κ1) is 16.5. The van der Waals surface area contributed by atoms with Gasteiger partial charge >= 0.3 is 0 Å². The summed E-state index contributed by atoms with van der Waals surface area (Å²) in [4.78, 5) is 18.0. The van der Waals surface area contributed by atoms with Gasteiger partial charge in [0.25, 0.3) is 5.56 Å². The molecule has 0 bridgehead atoms. The molecule has 0 aliphatic rings. The van der Waals surface area contributed by atoms with Gasteiger partial charge in [-0.3, -0.25) is 4.79 Å². The van der Waals surface area contributed by atoms with Gasteiger partial charge in [0.15, 0.2) is 0 Å². The summed E-state index contributed by atoms with van der Waals surface area (Å²) in [5.41, 5.74) is 2.35. The number of aryl methyl sites for hydroxylation is 2. The van der Waals surface area contributed by atoms with Crippen LogP contribution in [0.3, 0.4) is 0 Å². The molecule has 3 heterocycles. The number of halogens is 1. The van der Waals surface area contributed by atoms with Gasteiger partial charge in [0.2, 0.25) is 0 Å². The number of fused-ring (bicyclic) bond motifs is 3. The van der Waals surface area contributed by atoms with E-state index in [1.54, 1.807) is 7.11 Å². The van der Waals surface area contributed by atoms with Crippen LogP contribution in [0.15, 0.2) is 9.27 Å². The summed E-state index contributed by atoms with van der Waals surface area (Å²) in [6, 6.07) is 0. The predicted molar refractivity (Wildman–Crippen MR) is 95.0 cm³/mol. The molecule has 8 heteroatoms. The minimum Gasteiger partial charge on any atom is -0.380 e. The quantitative estimate of drug-likeness (QED) is 0.660. The highest BCUT2D eigenvalue weighted by Gasteiger charge is 2.19. The molecule has 0 saturated heterocycles. The van der Waals surface area contributed by atoms with Crippen LogP contribution in [0.4, 0.5) is 0 Å². The van der Waals surface area contributed by atoms with Gasteiger partial charge in [-0.15, -0.1) is 16.4 Å². The number of hydrogen-bond acceptors (Lipinski definition) is 6. The third kappa shape index (κ3) is 2.79. The monoisotopic (exact) mass is 396 g/mol. The first-order valence-electron chi connectivity index (χ1n) is 7.42. The molecule has 0 saturated carbocycles. The van der Waals surface area contributed by atoms with Crippen LogP contribution < -0.4 is 5.56 Å². The van der Waals surface area contributed by atoms with Crippen molar-refractivity contribution in [3.63, 3.8) is 0 Å². The van der Waals surface area contributed by atoms with E-state index < -0.39 is 0 Å². The van der Waals surface area contributed by atoms with Gasteiger partial charge in [0, 0.05) is 29.1 Å². The van der Waals surface area contributed by atoms with E-state index in [9.17, 15) is 4.79 Å². The lowest BCUT2D eigenvalue weighted by Gasteiger charge is -2.08. The van der Waals surface area contributed by atoms with Crippen LogP contribution in [-0.4, -0.2) is 27.1 Å². The topological polar surface area (TPSA) is 69.9 Å². The van der Waals surface area contributed by atoms with Crippen molar-refractivity contribution in [2.75, 3.05) is 7.11 Å². The second kappa shape index (κ2) is 6.62. The van der Waals surface area contributed by atoms with E-state index in [1.165, 1.54) is 16.0 Å². The third-order valence-electron chi connectivity index (χ3n) is 3.71. The van der Waals surface area contributed by atoms with Gasteiger partial charge < -0.3 is 4.74 Å². The van der Waals surface area contributed by atoms with Crippen molar-refractivity contribution < 1.29 is 4.74 Å². The Morgan fingerprint density at radius 1 is 1.39 bits per heavy atom. The molecule has 3 rings (SSSR count). The van der Waals surface area contributed by atoms with Crippen molar-refractivity contribution in [3.8, 4) is 0 Å². The molecule has 0 aliphatic carbocycles. The highest BCUT2D eigenvalue weighted by molar-refractivity contribution is 9.10. The molecular weight excluding hydrogens is 380 g/mol. The number of ether oxygens (including phenoxy) is 1. The molecule has 0 aromatic carbocycles. The lowest BCUT2D eigenvalue weighted by atomic mass is 10.1. The van der Waals surface area contributed by atoms with Crippen LogP contribution in [0.25, 0.3) is 20.4 Å². The van der Waals surface area contributed by atoms with Crippen molar-refractivity contribution in [1.82, 2.24) is 20.0 Å². The Hall–Kier alpha value is -1.38. The molecule has 6 nitrogen and oxygen atoms in total. The van der Waals surface area contributed by atoms with Crippen LogP contribution in [0.5, 0.6) is 0 Å². The van der Waals surface area contributed by atoms with E-state index in [4.69, 9.17) is 4.74 Å². The molecule has 0 N–H and O–H groups in total. The molecule has 3 aromatic heterocycles. The highest BCUT2D eigenvalue weighted by atomic mass is 79.9. The maximum absolute atomic E-state index is 12.6. The molecule has 0 unspecified atom stereocenters. The Morgan fingerprint density at radius 3 is 2.87 bits per heavy atom. The van der Waals surface area contributed by atoms with E-state index in [2.05, 4.69) is 38.1 Å². The highest BCUT2D eigenvalue weighted by Crippen LogP contribution is 2.36. The van der Waals surface area contributed by atoms with Gasteiger partial charge in [-0.2, -0.15) is 0 Å². The summed E-state index contributed by atoms with van der Waals surface area (Å²) in [5.74, 6) is 0. The van der Waals surface area contributed by atoms with E-state index in [1.807, 2.05) is 6.92 Å².